The smallest absolute Gasteiger partial charge is 0.417 e. The molecule has 0 fully saturated rings. The van der Waals surface area contributed by atoms with Gasteiger partial charge in [0, 0.05) is 68.5 Å². The average Bonchev–Trinajstić information content (AvgIpc) is 0.739. The van der Waals surface area contributed by atoms with E-state index in [9.17, 15) is 91.0 Å². The lowest BCUT2D eigenvalue weighted by Crippen LogP contribution is -2.27. The van der Waals surface area contributed by atoms with Crippen molar-refractivity contribution >= 4 is 47.4 Å². The maximum atomic E-state index is 14.5. The van der Waals surface area contributed by atoms with E-state index >= 15 is 0 Å². The molecule has 0 spiro atoms. The molecule has 2 unspecified atom stereocenters. The van der Waals surface area contributed by atoms with Gasteiger partial charge in [-0.15, -0.1) is 0 Å². The maximum Gasteiger partial charge on any atom is 0.417 e. The SMILES string of the molecule is CCC1(C)c2ccc(OC)cc2Oc2cc(OC(=O)c3cccc(C(=O)Oc4ccc5c(c4)Oc4cc(OC(=O)c6ccc(C(C)=O)cc6)ccc4C5(C)CC)c3)ccc21.COc1ccc(-c2ccc(OC(=O)c3cccc(C(=O)Oc4ccc(-c5ccc(OC(=O)c6ccc(C(C)=O)cc6)cc5C(F)(F)F)c(C(F)(F)F)c4)c3)cc2C(F)(F)F)c(C(F)(F)F)c1. The normalized spacial score (nSPS) is 14.4. The van der Waals surface area contributed by atoms with Crippen LogP contribution >= 0.6 is 0 Å². The number of ketones is 2. The third kappa shape index (κ3) is 19.0. The molecule has 12 aromatic rings. The van der Waals surface area contributed by atoms with Crippen molar-refractivity contribution in [3.63, 3.8) is 0 Å². The molecule has 30 heteroatoms. The van der Waals surface area contributed by atoms with Gasteiger partial charge in [0.2, 0.25) is 0 Å². The Morgan fingerprint density at radius 3 is 0.722 bits per heavy atom. The summed E-state index contributed by atoms with van der Waals surface area (Å²) in [5.41, 5.74) is -7.06. The summed E-state index contributed by atoms with van der Waals surface area (Å²) in [5, 5.41) is 0. The molecule has 0 aliphatic carbocycles. The minimum Gasteiger partial charge on any atom is -0.497 e. The van der Waals surface area contributed by atoms with Crippen molar-refractivity contribution in [3.05, 3.63) is 332 Å². The van der Waals surface area contributed by atoms with Crippen LogP contribution in [0.2, 0.25) is 0 Å². The molecule has 18 nitrogen and oxygen atoms in total. The Morgan fingerprint density at radius 1 is 0.270 bits per heavy atom. The van der Waals surface area contributed by atoms with E-state index in [0.717, 1.165) is 96.8 Å². The number of esters is 6. The van der Waals surface area contributed by atoms with Gasteiger partial charge in [0.1, 0.15) is 69.0 Å². The molecule has 2 aliphatic rings. The minimum atomic E-state index is -5.36. The van der Waals surface area contributed by atoms with Crippen LogP contribution < -0.4 is 47.4 Å². The zero-order valence-corrected chi connectivity index (χ0v) is 67.4. The Balaban J connectivity index is 0.000000217. The number of ether oxygens (including phenoxy) is 10. The van der Waals surface area contributed by atoms with Gasteiger partial charge in [0.15, 0.2) is 11.6 Å². The summed E-state index contributed by atoms with van der Waals surface area (Å²) in [4.78, 5) is 102. The van der Waals surface area contributed by atoms with Crippen molar-refractivity contribution in [3.8, 4) is 91.2 Å². The number of rotatable bonds is 20. The standard InChI is InChI=1S/C50H42O10.C46H26F12O8/c1-7-49(4)38-20-16-34(55-6)25-42(38)59-43-27-36(18-22-39(43)49)57-47(53)32-10-9-11-33(24-32)48(54)58-37-19-23-41-45(28-37)60-44-26-35(17-21-40(44)50(41,5)8-2)56-46(52)31-14-12-30(13-15-31)29(3)51;1-23(59)24-6-8-25(9-7-24)40(60)64-29-11-15-34(37(20-29)44(50,51)52)35-17-13-31(22-39(35)46(56,57)58)66-42(62)27-5-3-4-26(18-27)41(61)65-30-12-16-33(38(21-30)45(53,54)55)32-14-10-28(63-2)19-36(32)43(47,48)49/h9-28H,7-8H2,1-6H3;3-22H,1-2H3. The number of methoxy groups -OCH3 is 2. The largest absolute Gasteiger partial charge is 0.497 e. The highest BCUT2D eigenvalue weighted by Crippen LogP contribution is 2.55. The first kappa shape index (κ1) is 88.9. The summed E-state index contributed by atoms with van der Waals surface area (Å²) in [6.07, 6.45) is -19.5. The van der Waals surface area contributed by atoms with Crippen LogP contribution in [0.5, 0.6) is 69.0 Å². The highest BCUT2D eigenvalue weighted by Gasteiger charge is 2.44. The zero-order chi connectivity index (χ0) is 90.9. The quantitative estimate of drug-likeness (QED) is 0.0299. The molecular weight excluding hydrogens is 1670 g/mol. The highest BCUT2D eigenvalue weighted by atomic mass is 19.4. The van der Waals surface area contributed by atoms with Gasteiger partial charge in [-0.2, -0.15) is 52.7 Å². The van der Waals surface area contributed by atoms with Crippen molar-refractivity contribution in [2.45, 2.75) is 89.9 Å². The number of alkyl halides is 12. The summed E-state index contributed by atoms with van der Waals surface area (Å²) < 4.78 is 226. The number of hydrogen-bond donors (Lipinski definition) is 0. The molecule has 0 saturated carbocycles. The first-order valence-corrected chi connectivity index (χ1v) is 38.2. The number of fused-ring (bicyclic) bond motifs is 4. The topological polar surface area (TPSA) is 229 Å². The molecule has 0 amide bonds. The maximum absolute atomic E-state index is 14.5. The molecule has 0 saturated heterocycles. The number of carbonyl (C=O) groups excluding carboxylic acids is 8. The van der Waals surface area contributed by atoms with E-state index in [1.54, 1.807) is 86.0 Å². The van der Waals surface area contributed by atoms with E-state index in [1.807, 2.05) is 36.4 Å². The second-order valence-electron chi connectivity index (χ2n) is 29.2. The number of carbonyl (C=O) groups is 8. The van der Waals surface area contributed by atoms with Gasteiger partial charge >= 0.3 is 60.5 Å². The molecule has 0 aromatic heterocycles. The van der Waals surface area contributed by atoms with Crippen LogP contribution in [0, 0.1) is 0 Å². The Kier molecular flexibility index (Phi) is 24.8. The van der Waals surface area contributed by atoms with E-state index in [2.05, 4.69) is 27.7 Å². The fourth-order valence-corrected chi connectivity index (χ4v) is 14.3. The van der Waals surface area contributed by atoms with Crippen molar-refractivity contribution in [2.75, 3.05) is 14.2 Å². The van der Waals surface area contributed by atoms with E-state index < -0.39 is 139 Å². The van der Waals surface area contributed by atoms with Gasteiger partial charge in [-0.3, -0.25) is 9.59 Å². The molecule has 0 bridgehead atoms. The Morgan fingerprint density at radius 2 is 0.476 bits per heavy atom. The minimum absolute atomic E-state index is 0.0990. The summed E-state index contributed by atoms with van der Waals surface area (Å²) in [5.74, 6) is -5.16. The molecule has 14 rings (SSSR count). The second-order valence-corrected chi connectivity index (χ2v) is 29.2. The van der Waals surface area contributed by atoms with E-state index in [-0.39, 0.29) is 74.4 Å². The van der Waals surface area contributed by atoms with Crippen LogP contribution in [0.25, 0.3) is 22.3 Å². The van der Waals surface area contributed by atoms with Gasteiger partial charge in [0.05, 0.1) is 69.9 Å². The van der Waals surface area contributed by atoms with Crippen LogP contribution in [-0.2, 0) is 35.5 Å². The van der Waals surface area contributed by atoms with E-state index in [0.29, 0.717) is 70.2 Å². The molecule has 2 aliphatic heterocycles. The predicted octanol–water partition coefficient (Wildman–Crippen LogP) is 24.2. The van der Waals surface area contributed by atoms with Crippen molar-refractivity contribution in [1.82, 2.24) is 0 Å². The molecule has 2 heterocycles. The molecule has 12 aromatic carbocycles. The van der Waals surface area contributed by atoms with Gasteiger partial charge in [0.25, 0.3) is 0 Å². The lowest BCUT2D eigenvalue weighted by Gasteiger charge is -2.37. The van der Waals surface area contributed by atoms with E-state index in [1.165, 1.54) is 44.2 Å². The molecule has 0 radical (unpaired) electrons. The highest BCUT2D eigenvalue weighted by molar-refractivity contribution is 6.00. The Hall–Kier alpha value is -14.8. The molecule has 126 heavy (non-hydrogen) atoms. The first-order valence-electron chi connectivity index (χ1n) is 38.2. The van der Waals surface area contributed by atoms with Crippen LogP contribution in [0.1, 0.15) is 182 Å². The third-order valence-electron chi connectivity index (χ3n) is 21.3. The van der Waals surface area contributed by atoms with Crippen LogP contribution in [0.15, 0.2) is 243 Å². The van der Waals surface area contributed by atoms with Crippen LogP contribution in [0.3, 0.4) is 0 Å². The Labute approximate surface area is 709 Å². The number of Topliss-reactive ketones (excluding diaryl/α,β-unsaturated/α-hetero) is 2. The number of hydrogen-bond acceptors (Lipinski definition) is 18. The van der Waals surface area contributed by atoms with Crippen molar-refractivity contribution in [1.29, 1.82) is 0 Å². The van der Waals surface area contributed by atoms with E-state index in [4.69, 9.17) is 47.4 Å². The van der Waals surface area contributed by atoms with Crippen molar-refractivity contribution < 1.29 is 138 Å². The summed E-state index contributed by atoms with van der Waals surface area (Å²) in [6.45, 7) is 11.2. The molecule has 2 atom stereocenters. The summed E-state index contributed by atoms with van der Waals surface area (Å²) in [7, 11) is 2.66. The van der Waals surface area contributed by atoms with Crippen molar-refractivity contribution in [2.24, 2.45) is 0 Å². The number of halogens is 12. The lowest BCUT2D eigenvalue weighted by atomic mass is 9.72. The van der Waals surface area contributed by atoms with Gasteiger partial charge in [-0.1, -0.05) is 113 Å². The van der Waals surface area contributed by atoms with Gasteiger partial charge in [-0.25, -0.2) is 28.8 Å². The van der Waals surface area contributed by atoms with Gasteiger partial charge < -0.3 is 47.4 Å². The summed E-state index contributed by atoms with van der Waals surface area (Å²) in [6, 6.07) is 50.2. The van der Waals surface area contributed by atoms with Gasteiger partial charge in [-0.05, 0) is 182 Å². The monoisotopic (exact) mass is 1740 g/mol. The van der Waals surface area contributed by atoms with Crippen LogP contribution in [-0.4, -0.2) is 61.6 Å². The molecular formula is C96H68F12O18. The molecule has 0 N–H and O–H groups in total. The third-order valence-corrected chi connectivity index (χ3v) is 21.3. The Bertz CT molecular complexity index is 6350. The fourth-order valence-electron chi connectivity index (χ4n) is 14.3. The second kappa shape index (κ2) is 35.2. The number of benzene rings is 12. The average molecular weight is 1740 g/mol. The zero-order valence-electron chi connectivity index (χ0n) is 67.4. The van der Waals surface area contributed by atoms with Crippen LogP contribution in [0.4, 0.5) is 52.7 Å². The fraction of sp³-hybridized carbons (Fsp3) is 0.167. The lowest BCUT2D eigenvalue weighted by molar-refractivity contribution is -0.139. The summed E-state index contributed by atoms with van der Waals surface area (Å²) >= 11 is 0. The molecule has 644 valence electrons. The first-order chi connectivity index (χ1) is 59.6. The predicted molar refractivity (Wildman–Crippen MR) is 432 cm³/mol.